The fraction of sp³-hybridized carbons (Fsp3) is 0.429. The van der Waals surface area contributed by atoms with E-state index < -0.39 is 17.2 Å². The van der Waals surface area contributed by atoms with E-state index in [1.807, 2.05) is 30.3 Å². The van der Waals surface area contributed by atoms with Crippen LogP contribution in [-0.4, -0.2) is 17.6 Å². The van der Waals surface area contributed by atoms with E-state index in [4.69, 9.17) is 0 Å². The molecule has 0 saturated carbocycles. The van der Waals surface area contributed by atoms with Gasteiger partial charge in [-0.05, 0) is 30.0 Å². The van der Waals surface area contributed by atoms with E-state index in [-0.39, 0.29) is 11.7 Å². The molecule has 0 aliphatic carbocycles. The van der Waals surface area contributed by atoms with E-state index in [0.717, 1.165) is 18.2 Å². The second-order valence-corrected chi connectivity index (χ2v) is 8.34. The van der Waals surface area contributed by atoms with Crippen LogP contribution in [0, 0.1) is 34.0 Å². The van der Waals surface area contributed by atoms with Crippen molar-refractivity contribution in [1.29, 1.82) is 10.5 Å². The quantitative estimate of drug-likeness (QED) is 0.758. The highest BCUT2D eigenvalue weighted by Crippen LogP contribution is 2.41. The number of hydrogen-bond donors (Lipinski definition) is 2. The Hall–Kier alpha value is -2.77. The maximum Gasteiger partial charge on any atom is 0.243 e. The van der Waals surface area contributed by atoms with Crippen LogP contribution in [0.2, 0.25) is 0 Å². The van der Waals surface area contributed by atoms with E-state index in [1.165, 1.54) is 5.56 Å². The highest BCUT2D eigenvalue weighted by Gasteiger charge is 2.44. The summed E-state index contributed by atoms with van der Waals surface area (Å²) in [5.41, 5.74) is 1.33. The minimum absolute atomic E-state index is 0.0429. The van der Waals surface area contributed by atoms with Gasteiger partial charge in [0.25, 0.3) is 0 Å². The first-order valence-corrected chi connectivity index (χ1v) is 10.1. The Morgan fingerprint density at radius 3 is 2.50 bits per heavy atom. The number of benzene rings is 1. The van der Waals surface area contributed by atoms with Crippen LogP contribution in [0.5, 0.6) is 0 Å². The molecule has 1 aromatic rings. The maximum atomic E-state index is 12.3. The van der Waals surface area contributed by atoms with E-state index >= 15 is 0 Å². The topological polar surface area (TPSA) is 106 Å². The van der Waals surface area contributed by atoms with Crippen molar-refractivity contribution in [3.8, 4) is 12.1 Å². The van der Waals surface area contributed by atoms with Gasteiger partial charge in [0.15, 0.2) is 0 Å². The Bertz CT molecular complexity index is 875. The molecule has 6 nitrogen and oxygen atoms in total. The third-order valence-electron chi connectivity index (χ3n) is 5.06. The fourth-order valence-electron chi connectivity index (χ4n) is 3.00. The zero-order valence-electron chi connectivity index (χ0n) is 16.5. The van der Waals surface area contributed by atoms with Crippen LogP contribution in [-0.2, 0) is 9.59 Å². The number of allylic oxidation sites excluding steroid dienone is 1. The third kappa shape index (κ3) is 4.55. The van der Waals surface area contributed by atoms with Crippen molar-refractivity contribution in [1.82, 2.24) is 5.32 Å². The SMILES string of the molecule is CC[C@@H](C)c1ccc(NC(=O)CSC2=C(C#N)C(C)(C)[C@H](C#N)C(=O)N2)cc1. The van der Waals surface area contributed by atoms with Crippen LogP contribution in [0.15, 0.2) is 34.9 Å². The molecule has 0 saturated heterocycles. The summed E-state index contributed by atoms with van der Waals surface area (Å²) < 4.78 is 0. The number of thioether (sulfide) groups is 1. The zero-order chi connectivity index (χ0) is 20.9. The molecule has 28 heavy (non-hydrogen) atoms. The van der Waals surface area contributed by atoms with E-state index in [9.17, 15) is 20.1 Å². The van der Waals surface area contributed by atoms with Crippen molar-refractivity contribution in [2.45, 2.75) is 40.0 Å². The molecular weight excluding hydrogens is 372 g/mol. The van der Waals surface area contributed by atoms with Gasteiger partial charge in [0, 0.05) is 11.1 Å². The molecule has 146 valence electrons. The summed E-state index contributed by atoms with van der Waals surface area (Å²) >= 11 is 1.09. The third-order valence-corrected chi connectivity index (χ3v) is 6.06. The summed E-state index contributed by atoms with van der Waals surface area (Å²) in [7, 11) is 0. The molecule has 2 atom stereocenters. The van der Waals surface area contributed by atoms with Gasteiger partial charge in [0.1, 0.15) is 5.92 Å². The second kappa shape index (κ2) is 8.95. The minimum Gasteiger partial charge on any atom is -0.325 e. The average molecular weight is 397 g/mol. The van der Waals surface area contributed by atoms with Crippen LogP contribution in [0.1, 0.15) is 45.6 Å². The molecule has 1 aliphatic rings. The summed E-state index contributed by atoms with van der Waals surface area (Å²) in [6.07, 6.45) is 1.05. The highest BCUT2D eigenvalue weighted by atomic mass is 32.2. The number of amides is 2. The predicted octanol–water partition coefficient (Wildman–Crippen LogP) is 3.90. The van der Waals surface area contributed by atoms with E-state index in [1.54, 1.807) is 13.8 Å². The highest BCUT2D eigenvalue weighted by molar-refractivity contribution is 8.03. The zero-order valence-corrected chi connectivity index (χ0v) is 17.3. The van der Waals surface area contributed by atoms with Crippen molar-refractivity contribution in [2.75, 3.05) is 11.1 Å². The molecule has 2 N–H and O–H groups in total. The molecule has 2 amide bonds. The second-order valence-electron chi connectivity index (χ2n) is 7.36. The van der Waals surface area contributed by atoms with E-state index in [0.29, 0.717) is 22.2 Å². The molecule has 1 heterocycles. The van der Waals surface area contributed by atoms with Gasteiger partial charge < -0.3 is 10.6 Å². The first-order chi connectivity index (χ1) is 13.2. The van der Waals surface area contributed by atoms with Crippen LogP contribution in [0.25, 0.3) is 0 Å². The number of hydrogen-bond acceptors (Lipinski definition) is 5. The van der Waals surface area contributed by atoms with Crippen LogP contribution < -0.4 is 10.6 Å². The van der Waals surface area contributed by atoms with Gasteiger partial charge >= 0.3 is 0 Å². The van der Waals surface area contributed by atoms with Crippen molar-refractivity contribution in [3.05, 3.63) is 40.4 Å². The fourth-order valence-corrected chi connectivity index (χ4v) is 3.97. The Balaban J connectivity index is 2.05. The van der Waals surface area contributed by atoms with Gasteiger partial charge in [-0.15, -0.1) is 0 Å². The molecule has 2 rings (SSSR count). The van der Waals surface area contributed by atoms with Crippen LogP contribution >= 0.6 is 11.8 Å². The molecule has 7 heteroatoms. The Labute approximate surface area is 170 Å². The van der Waals surface area contributed by atoms with Crippen molar-refractivity contribution >= 4 is 29.3 Å². The van der Waals surface area contributed by atoms with Gasteiger partial charge in [-0.2, -0.15) is 10.5 Å². The lowest BCUT2D eigenvalue weighted by Gasteiger charge is -2.34. The maximum absolute atomic E-state index is 12.3. The molecule has 0 spiro atoms. The Morgan fingerprint density at radius 2 is 1.96 bits per heavy atom. The number of carbonyl (C=O) groups excluding carboxylic acids is 2. The van der Waals surface area contributed by atoms with Gasteiger partial charge in [-0.3, -0.25) is 9.59 Å². The van der Waals surface area contributed by atoms with Gasteiger partial charge in [-0.25, -0.2) is 0 Å². The van der Waals surface area contributed by atoms with Gasteiger partial charge in [0.2, 0.25) is 11.8 Å². The van der Waals surface area contributed by atoms with Gasteiger partial charge in [-0.1, -0.05) is 51.6 Å². The lowest BCUT2D eigenvalue weighted by atomic mass is 9.72. The summed E-state index contributed by atoms with van der Waals surface area (Å²) in [6.45, 7) is 7.67. The van der Waals surface area contributed by atoms with Crippen molar-refractivity contribution in [2.24, 2.45) is 11.3 Å². The molecule has 1 aliphatic heterocycles. The van der Waals surface area contributed by atoms with Crippen molar-refractivity contribution < 1.29 is 9.59 Å². The number of anilines is 1. The molecule has 1 aromatic carbocycles. The summed E-state index contributed by atoms with van der Waals surface area (Å²) in [5.74, 6) is -1.12. The van der Waals surface area contributed by atoms with E-state index in [2.05, 4.69) is 30.6 Å². The first-order valence-electron chi connectivity index (χ1n) is 9.12. The molecule has 0 fully saturated rings. The monoisotopic (exact) mass is 396 g/mol. The summed E-state index contributed by atoms with van der Waals surface area (Å²) in [6, 6.07) is 11.8. The molecule has 0 bridgehead atoms. The number of nitrogens with zero attached hydrogens (tertiary/aromatic N) is 2. The number of nitriles is 2. The van der Waals surface area contributed by atoms with Gasteiger partial charge in [0.05, 0.1) is 28.5 Å². The largest absolute Gasteiger partial charge is 0.325 e. The summed E-state index contributed by atoms with van der Waals surface area (Å²) in [4.78, 5) is 24.5. The van der Waals surface area contributed by atoms with Crippen LogP contribution in [0.4, 0.5) is 5.69 Å². The minimum atomic E-state index is -0.940. The Morgan fingerprint density at radius 1 is 1.32 bits per heavy atom. The lowest BCUT2D eigenvalue weighted by Crippen LogP contribution is -2.44. The van der Waals surface area contributed by atoms with Crippen molar-refractivity contribution in [3.63, 3.8) is 0 Å². The molecule has 0 aromatic heterocycles. The first kappa shape index (κ1) is 21.5. The number of rotatable bonds is 6. The average Bonchev–Trinajstić information content (AvgIpc) is 2.66. The standard InChI is InChI=1S/C21H24N4O2S/c1-5-13(2)14-6-8-15(9-7-14)24-18(26)12-28-20-17(11-23)21(3,4)16(10-22)19(27)25-20/h6-9,13,16H,5,12H2,1-4H3,(H,24,26)(H,25,27)/t13-,16-/m1/s1. The van der Waals surface area contributed by atoms with Crippen LogP contribution in [0.3, 0.4) is 0 Å². The normalized spacial score (nSPS) is 19.2. The Kier molecular flexibility index (Phi) is 6.88. The number of carbonyl (C=O) groups is 2. The molecular formula is C21H24N4O2S. The predicted molar refractivity (Wildman–Crippen MR) is 110 cm³/mol. The summed E-state index contributed by atoms with van der Waals surface area (Å²) in [5, 5.41) is 24.5. The number of nitrogens with one attached hydrogen (secondary N) is 2. The molecule has 0 unspecified atom stereocenters. The molecule has 0 radical (unpaired) electrons. The lowest BCUT2D eigenvalue weighted by molar-refractivity contribution is -0.125. The smallest absolute Gasteiger partial charge is 0.243 e.